The Morgan fingerprint density at radius 2 is 1.54 bits per heavy atom. The maximum Gasteiger partial charge on any atom is 0.416 e. The highest BCUT2D eigenvalue weighted by molar-refractivity contribution is 6.02. The van der Waals surface area contributed by atoms with Gasteiger partial charge in [-0.15, -0.1) is 0 Å². The summed E-state index contributed by atoms with van der Waals surface area (Å²) in [7, 11) is 0. The van der Waals surface area contributed by atoms with E-state index in [2.05, 4.69) is 10.4 Å². The topological polar surface area (TPSA) is 83.7 Å². The van der Waals surface area contributed by atoms with Crippen molar-refractivity contribution in [3.05, 3.63) is 131 Å². The predicted molar refractivity (Wildman–Crippen MR) is 139 cm³/mol. The molecule has 0 saturated heterocycles. The van der Waals surface area contributed by atoms with E-state index < -0.39 is 17.7 Å². The molecule has 2 aromatic heterocycles. The molecule has 0 saturated carbocycles. The number of hydrogen-bond acceptors (Lipinski definition) is 3. The standard InChI is InChI=1S/C30H22F3N3O3/c31-30(32,33)25-12-8-19(9-13-25)14-23-17-35-36-18-24(21-4-2-1-3-5-21)15-26(27(23)36)28(37)34-16-20-6-10-22(11-7-20)29(38)39/h1-13,15,17-18H,14,16H2,(H,34,37)(H,38,39). The zero-order valence-electron chi connectivity index (χ0n) is 20.4. The van der Waals surface area contributed by atoms with Gasteiger partial charge < -0.3 is 10.4 Å². The summed E-state index contributed by atoms with van der Waals surface area (Å²) in [5.41, 5.74) is 4.04. The van der Waals surface area contributed by atoms with E-state index >= 15 is 0 Å². The number of halogens is 3. The van der Waals surface area contributed by atoms with Gasteiger partial charge in [-0.3, -0.25) is 4.79 Å². The van der Waals surface area contributed by atoms with Crippen LogP contribution in [0.2, 0.25) is 0 Å². The van der Waals surface area contributed by atoms with Crippen LogP contribution in [-0.2, 0) is 19.1 Å². The second kappa shape index (κ2) is 10.4. The van der Waals surface area contributed by atoms with Gasteiger partial charge in [-0.05, 0) is 47.0 Å². The maximum atomic E-state index is 13.5. The van der Waals surface area contributed by atoms with E-state index in [9.17, 15) is 22.8 Å². The first-order valence-corrected chi connectivity index (χ1v) is 12.0. The molecule has 0 atom stereocenters. The van der Waals surface area contributed by atoms with Crippen LogP contribution in [0, 0.1) is 0 Å². The van der Waals surface area contributed by atoms with Crippen LogP contribution < -0.4 is 5.32 Å². The number of pyridine rings is 1. The molecule has 2 N–H and O–H groups in total. The summed E-state index contributed by atoms with van der Waals surface area (Å²) in [6.45, 7) is 0.169. The smallest absolute Gasteiger partial charge is 0.416 e. The number of nitrogens with zero attached hydrogens (tertiary/aromatic N) is 2. The van der Waals surface area contributed by atoms with Crippen LogP contribution in [0.3, 0.4) is 0 Å². The van der Waals surface area contributed by atoms with E-state index in [0.29, 0.717) is 22.2 Å². The molecule has 0 aliphatic carbocycles. The summed E-state index contributed by atoms with van der Waals surface area (Å²) in [6, 6.07) is 22.4. The molecular formula is C30H22F3N3O3. The Morgan fingerprint density at radius 1 is 0.872 bits per heavy atom. The minimum Gasteiger partial charge on any atom is -0.478 e. The fourth-order valence-electron chi connectivity index (χ4n) is 4.35. The highest BCUT2D eigenvalue weighted by Gasteiger charge is 2.30. The predicted octanol–water partition coefficient (Wildman–Crippen LogP) is 6.24. The van der Waals surface area contributed by atoms with E-state index in [1.165, 1.54) is 24.3 Å². The first-order valence-electron chi connectivity index (χ1n) is 12.0. The third-order valence-corrected chi connectivity index (χ3v) is 6.37. The van der Waals surface area contributed by atoms with Crippen LogP contribution in [0.15, 0.2) is 97.3 Å². The van der Waals surface area contributed by atoms with E-state index in [1.54, 1.807) is 28.9 Å². The fraction of sp³-hybridized carbons (Fsp3) is 0.100. The molecule has 0 aliphatic rings. The van der Waals surface area contributed by atoms with Crippen LogP contribution in [0.25, 0.3) is 16.6 Å². The summed E-state index contributed by atoms with van der Waals surface area (Å²) in [5, 5.41) is 16.4. The molecule has 0 bridgehead atoms. The number of fused-ring (bicyclic) bond motifs is 1. The van der Waals surface area contributed by atoms with Gasteiger partial charge in [0.25, 0.3) is 5.91 Å². The van der Waals surface area contributed by atoms with Crippen LogP contribution >= 0.6 is 0 Å². The Balaban J connectivity index is 1.49. The maximum absolute atomic E-state index is 13.5. The number of nitrogens with one attached hydrogen (secondary N) is 1. The number of carbonyl (C=O) groups excluding carboxylic acids is 1. The van der Waals surface area contributed by atoms with Gasteiger partial charge in [0.15, 0.2) is 0 Å². The average molecular weight is 530 g/mol. The monoisotopic (exact) mass is 529 g/mol. The second-order valence-electron chi connectivity index (χ2n) is 9.03. The molecular weight excluding hydrogens is 507 g/mol. The number of benzene rings is 3. The number of hydrogen-bond donors (Lipinski definition) is 2. The van der Waals surface area contributed by atoms with Crippen LogP contribution in [0.5, 0.6) is 0 Å². The van der Waals surface area contributed by atoms with Gasteiger partial charge in [0.2, 0.25) is 0 Å². The molecule has 0 fully saturated rings. The lowest BCUT2D eigenvalue weighted by Crippen LogP contribution is -2.24. The Morgan fingerprint density at radius 3 is 2.18 bits per heavy atom. The number of alkyl halides is 3. The Labute approximate surface area is 221 Å². The third-order valence-electron chi connectivity index (χ3n) is 6.37. The van der Waals surface area contributed by atoms with Crippen molar-refractivity contribution in [2.24, 2.45) is 0 Å². The second-order valence-corrected chi connectivity index (χ2v) is 9.03. The van der Waals surface area contributed by atoms with Crippen LogP contribution in [0.4, 0.5) is 13.2 Å². The lowest BCUT2D eigenvalue weighted by Gasteiger charge is -2.12. The van der Waals surface area contributed by atoms with Crippen LogP contribution in [-0.4, -0.2) is 26.6 Å². The van der Waals surface area contributed by atoms with Crippen molar-refractivity contribution in [2.75, 3.05) is 0 Å². The molecule has 5 aromatic rings. The normalized spacial score (nSPS) is 11.5. The highest BCUT2D eigenvalue weighted by Crippen LogP contribution is 2.30. The van der Waals surface area contributed by atoms with E-state index in [4.69, 9.17) is 5.11 Å². The van der Waals surface area contributed by atoms with Gasteiger partial charge in [-0.1, -0.05) is 54.6 Å². The number of aromatic nitrogens is 2. The van der Waals surface area contributed by atoms with Crippen molar-refractivity contribution in [1.29, 1.82) is 0 Å². The lowest BCUT2D eigenvalue weighted by molar-refractivity contribution is -0.137. The summed E-state index contributed by atoms with van der Waals surface area (Å²) in [6.07, 6.45) is -0.718. The molecule has 0 spiro atoms. The summed E-state index contributed by atoms with van der Waals surface area (Å²) in [4.78, 5) is 24.6. The van der Waals surface area contributed by atoms with Gasteiger partial charge in [0.1, 0.15) is 0 Å². The van der Waals surface area contributed by atoms with Crippen molar-refractivity contribution >= 4 is 17.4 Å². The molecule has 9 heteroatoms. The van der Waals surface area contributed by atoms with Gasteiger partial charge in [0.05, 0.1) is 28.4 Å². The Hall–Kier alpha value is -4.92. The molecule has 0 unspecified atom stereocenters. The summed E-state index contributed by atoms with van der Waals surface area (Å²) < 4.78 is 40.6. The molecule has 6 nitrogen and oxygen atoms in total. The van der Waals surface area contributed by atoms with Crippen molar-refractivity contribution in [2.45, 2.75) is 19.1 Å². The molecule has 0 aliphatic heterocycles. The average Bonchev–Trinajstić information content (AvgIpc) is 3.34. The highest BCUT2D eigenvalue weighted by atomic mass is 19.4. The van der Waals surface area contributed by atoms with Gasteiger partial charge in [-0.2, -0.15) is 18.3 Å². The van der Waals surface area contributed by atoms with Crippen molar-refractivity contribution in [3.63, 3.8) is 0 Å². The summed E-state index contributed by atoms with van der Waals surface area (Å²) in [5.74, 6) is -1.40. The zero-order chi connectivity index (χ0) is 27.6. The van der Waals surface area contributed by atoms with Crippen molar-refractivity contribution in [3.8, 4) is 11.1 Å². The number of amides is 1. The first kappa shape index (κ1) is 25.7. The molecule has 1 amide bonds. The number of rotatable bonds is 7. The molecule has 3 aromatic carbocycles. The third kappa shape index (κ3) is 5.67. The largest absolute Gasteiger partial charge is 0.478 e. The van der Waals surface area contributed by atoms with E-state index in [1.807, 2.05) is 36.5 Å². The van der Waals surface area contributed by atoms with Crippen molar-refractivity contribution < 1.29 is 27.9 Å². The summed E-state index contributed by atoms with van der Waals surface area (Å²) >= 11 is 0. The van der Waals surface area contributed by atoms with Gasteiger partial charge in [0, 0.05) is 30.3 Å². The Kier molecular flexibility index (Phi) is 6.89. The van der Waals surface area contributed by atoms with Gasteiger partial charge >= 0.3 is 12.1 Å². The minimum absolute atomic E-state index is 0.148. The van der Waals surface area contributed by atoms with Gasteiger partial charge in [-0.25, -0.2) is 9.31 Å². The zero-order valence-corrected chi connectivity index (χ0v) is 20.4. The first-order chi connectivity index (χ1) is 18.7. The van der Waals surface area contributed by atoms with Crippen LogP contribution in [0.1, 0.15) is 43.0 Å². The molecule has 0 radical (unpaired) electrons. The molecule has 196 valence electrons. The number of carboxylic acid groups (broad SMARTS) is 1. The number of carbonyl (C=O) groups is 2. The lowest BCUT2D eigenvalue weighted by atomic mass is 10.00. The quantitative estimate of drug-likeness (QED) is 0.262. The molecule has 2 heterocycles. The molecule has 5 rings (SSSR count). The van der Waals surface area contributed by atoms with E-state index in [-0.39, 0.29) is 24.4 Å². The molecule has 39 heavy (non-hydrogen) atoms. The number of carboxylic acids is 1. The SMILES string of the molecule is O=C(O)c1ccc(CNC(=O)c2cc(-c3ccccc3)cn3ncc(Cc4ccc(C(F)(F)F)cc4)c23)cc1. The fourth-order valence-corrected chi connectivity index (χ4v) is 4.35. The Bertz CT molecular complexity index is 1640. The number of aromatic carboxylic acids is 1. The van der Waals surface area contributed by atoms with E-state index in [0.717, 1.165) is 28.8 Å². The van der Waals surface area contributed by atoms with Crippen molar-refractivity contribution in [1.82, 2.24) is 14.9 Å². The minimum atomic E-state index is -4.42.